The van der Waals surface area contributed by atoms with Crippen molar-refractivity contribution in [3.63, 3.8) is 0 Å². The molecule has 0 rings (SSSR count). The van der Waals surface area contributed by atoms with Crippen molar-refractivity contribution in [3.8, 4) is 0 Å². The Hall–Kier alpha value is -0.240. The number of ketones is 1. The van der Waals surface area contributed by atoms with Crippen LogP contribution in [0.4, 0.5) is 0 Å². The van der Waals surface area contributed by atoms with Gasteiger partial charge in [-0.25, -0.2) is 0 Å². The maximum atomic E-state index is 10.5. The van der Waals surface area contributed by atoms with Crippen LogP contribution in [-0.2, 0) is 4.79 Å². The van der Waals surface area contributed by atoms with Crippen LogP contribution in [0.5, 0.6) is 0 Å². The lowest BCUT2D eigenvalue weighted by Gasteiger charge is -1.92. The van der Waals surface area contributed by atoms with Crippen LogP contribution in [0.25, 0.3) is 0 Å². The summed E-state index contributed by atoms with van der Waals surface area (Å²) in [5.41, 5.74) is 0. The Morgan fingerprint density at radius 1 is 1.62 bits per heavy atom. The smallest absolute Gasteiger partial charge is 0.165 e. The molecule has 0 aliphatic rings. The van der Waals surface area contributed by atoms with E-state index < -0.39 is 0 Å². The minimum absolute atomic E-state index is 0.153. The monoisotopic (exact) mass is 130 g/mol. The van der Waals surface area contributed by atoms with Gasteiger partial charge in [-0.1, -0.05) is 6.08 Å². The van der Waals surface area contributed by atoms with Crippen molar-refractivity contribution in [2.45, 2.75) is 13.8 Å². The Morgan fingerprint density at radius 2 is 2.12 bits per heavy atom. The SMILES string of the molecule is C/C=C(/SC)C(C)=O. The van der Waals surface area contributed by atoms with Gasteiger partial charge in [-0.15, -0.1) is 11.8 Å². The maximum Gasteiger partial charge on any atom is 0.165 e. The van der Waals surface area contributed by atoms with E-state index in [1.165, 1.54) is 11.8 Å². The molecule has 8 heavy (non-hydrogen) atoms. The van der Waals surface area contributed by atoms with E-state index in [9.17, 15) is 4.79 Å². The molecule has 0 aliphatic heterocycles. The maximum absolute atomic E-state index is 10.5. The van der Waals surface area contributed by atoms with E-state index in [0.717, 1.165) is 4.91 Å². The lowest BCUT2D eigenvalue weighted by molar-refractivity contribution is -0.112. The Bertz CT molecular complexity index is 116. The van der Waals surface area contributed by atoms with Gasteiger partial charge in [0.2, 0.25) is 0 Å². The predicted octanol–water partition coefficient (Wildman–Crippen LogP) is 1.84. The minimum Gasteiger partial charge on any atom is -0.294 e. The fourth-order valence-corrected chi connectivity index (χ4v) is 0.988. The third-order valence-electron chi connectivity index (χ3n) is 0.829. The first kappa shape index (κ1) is 7.76. The van der Waals surface area contributed by atoms with Gasteiger partial charge in [-0.2, -0.15) is 0 Å². The number of hydrogen-bond donors (Lipinski definition) is 0. The van der Waals surface area contributed by atoms with Gasteiger partial charge in [0.1, 0.15) is 0 Å². The molecule has 0 saturated carbocycles. The zero-order chi connectivity index (χ0) is 6.57. The fraction of sp³-hybridized carbons (Fsp3) is 0.500. The second kappa shape index (κ2) is 3.72. The topological polar surface area (TPSA) is 17.1 Å². The second-order valence-electron chi connectivity index (χ2n) is 1.41. The molecule has 0 spiro atoms. The molecule has 0 aliphatic carbocycles. The number of hydrogen-bond acceptors (Lipinski definition) is 2. The molecular formula is C6H10OS. The zero-order valence-corrected chi connectivity index (χ0v) is 6.21. The van der Waals surface area contributed by atoms with Crippen molar-refractivity contribution in [3.05, 3.63) is 11.0 Å². The average Bonchev–Trinajstić information content (AvgIpc) is 1.69. The lowest BCUT2D eigenvalue weighted by Crippen LogP contribution is -1.89. The van der Waals surface area contributed by atoms with Crippen LogP contribution in [-0.4, -0.2) is 12.0 Å². The molecule has 0 fully saturated rings. The molecule has 0 unspecified atom stereocenters. The van der Waals surface area contributed by atoms with E-state index in [-0.39, 0.29) is 5.78 Å². The van der Waals surface area contributed by atoms with Gasteiger partial charge in [0, 0.05) is 4.91 Å². The van der Waals surface area contributed by atoms with Crippen LogP contribution in [0.15, 0.2) is 11.0 Å². The molecule has 0 aromatic heterocycles. The van der Waals surface area contributed by atoms with Crippen LogP contribution >= 0.6 is 11.8 Å². The summed E-state index contributed by atoms with van der Waals surface area (Å²) in [7, 11) is 0. The van der Waals surface area contributed by atoms with E-state index in [1.807, 2.05) is 19.3 Å². The summed E-state index contributed by atoms with van der Waals surface area (Å²) in [6.07, 6.45) is 3.73. The quantitative estimate of drug-likeness (QED) is 0.530. The predicted molar refractivity (Wildman–Crippen MR) is 38.0 cm³/mol. The molecule has 0 aromatic carbocycles. The highest BCUT2D eigenvalue weighted by Crippen LogP contribution is 2.10. The summed E-state index contributed by atoms with van der Waals surface area (Å²) in [6.45, 7) is 3.44. The van der Waals surface area contributed by atoms with Gasteiger partial charge < -0.3 is 0 Å². The number of allylic oxidation sites excluding steroid dienone is 2. The normalized spacial score (nSPS) is 11.6. The molecule has 0 heterocycles. The van der Waals surface area contributed by atoms with Crippen LogP contribution in [0, 0.1) is 0 Å². The van der Waals surface area contributed by atoms with Gasteiger partial charge >= 0.3 is 0 Å². The Balaban J connectivity index is 3.92. The Kier molecular flexibility index (Phi) is 3.61. The molecule has 0 atom stereocenters. The van der Waals surface area contributed by atoms with Crippen molar-refractivity contribution in [2.24, 2.45) is 0 Å². The highest BCUT2D eigenvalue weighted by Gasteiger charge is 1.96. The summed E-state index contributed by atoms with van der Waals surface area (Å²) >= 11 is 1.49. The van der Waals surface area contributed by atoms with Crippen molar-refractivity contribution in [1.82, 2.24) is 0 Å². The molecular weight excluding hydrogens is 120 g/mol. The van der Waals surface area contributed by atoms with Gasteiger partial charge in [0.25, 0.3) is 0 Å². The van der Waals surface area contributed by atoms with Crippen molar-refractivity contribution in [2.75, 3.05) is 6.26 Å². The third kappa shape index (κ3) is 2.17. The molecule has 0 amide bonds. The molecule has 0 saturated heterocycles. The molecule has 46 valence electrons. The second-order valence-corrected chi connectivity index (χ2v) is 2.26. The summed E-state index contributed by atoms with van der Waals surface area (Å²) in [6, 6.07) is 0. The van der Waals surface area contributed by atoms with E-state index in [0.29, 0.717) is 0 Å². The summed E-state index contributed by atoms with van der Waals surface area (Å²) in [5, 5.41) is 0. The van der Waals surface area contributed by atoms with E-state index in [4.69, 9.17) is 0 Å². The molecule has 2 heteroatoms. The van der Waals surface area contributed by atoms with Gasteiger partial charge in [0.15, 0.2) is 5.78 Å². The van der Waals surface area contributed by atoms with Crippen molar-refractivity contribution in [1.29, 1.82) is 0 Å². The molecule has 0 N–H and O–H groups in total. The number of thioether (sulfide) groups is 1. The summed E-state index contributed by atoms with van der Waals surface area (Å²) < 4.78 is 0. The number of Topliss-reactive ketones (excluding diaryl/α,β-unsaturated/α-hetero) is 1. The average molecular weight is 130 g/mol. The fourth-order valence-electron chi connectivity index (χ4n) is 0.465. The van der Waals surface area contributed by atoms with E-state index in [1.54, 1.807) is 6.92 Å². The van der Waals surface area contributed by atoms with Crippen LogP contribution < -0.4 is 0 Å². The highest BCUT2D eigenvalue weighted by atomic mass is 32.2. The number of carbonyl (C=O) groups excluding carboxylic acids is 1. The van der Waals surface area contributed by atoms with Gasteiger partial charge in [0.05, 0.1) is 0 Å². The molecule has 0 radical (unpaired) electrons. The van der Waals surface area contributed by atoms with Crippen molar-refractivity contribution >= 4 is 17.5 Å². The zero-order valence-electron chi connectivity index (χ0n) is 5.39. The van der Waals surface area contributed by atoms with E-state index in [2.05, 4.69) is 0 Å². The van der Waals surface area contributed by atoms with Crippen LogP contribution in [0.3, 0.4) is 0 Å². The first-order valence-corrected chi connectivity index (χ1v) is 3.66. The third-order valence-corrected chi connectivity index (χ3v) is 1.79. The first-order valence-electron chi connectivity index (χ1n) is 2.43. The molecule has 1 nitrogen and oxygen atoms in total. The lowest BCUT2D eigenvalue weighted by atomic mass is 10.4. The van der Waals surface area contributed by atoms with Crippen LogP contribution in [0.2, 0.25) is 0 Å². The number of carbonyl (C=O) groups is 1. The first-order chi connectivity index (χ1) is 3.72. The summed E-state index contributed by atoms with van der Waals surface area (Å²) in [5.74, 6) is 0.153. The van der Waals surface area contributed by atoms with Gasteiger partial charge in [-0.3, -0.25) is 4.79 Å². The summed E-state index contributed by atoms with van der Waals surface area (Å²) in [4.78, 5) is 11.4. The Labute approximate surface area is 54.2 Å². The Morgan fingerprint density at radius 3 is 2.12 bits per heavy atom. The molecule has 0 aromatic rings. The largest absolute Gasteiger partial charge is 0.294 e. The van der Waals surface area contributed by atoms with Gasteiger partial charge in [-0.05, 0) is 20.1 Å². The highest BCUT2D eigenvalue weighted by molar-refractivity contribution is 8.03. The van der Waals surface area contributed by atoms with E-state index >= 15 is 0 Å². The minimum atomic E-state index is 0.153. The molecule has 0 bridgehead atoms. The van der Waals surface area contributed by atoms with Crippen LogP contribution in [0.1, 0.15) is 13.8 Å². The van der Waals surface area contributed by atoms with Crippen molar-refractivity contribution < 1.29 is 4.79 Å². The number of rotatable bonds is 2. The standard InChI is InChI=1S/C6H10OS/c1-4-6(8-3)5(2)7/h4H,1-3H3/b6-4+.